The number of hydrogen-bond donors (Lipinski definition) is 0. The van der Waals surface area contributed by atoms with Crippen molar-refractivity contribution in [3.63, 3.8) is 0 Å². The molecule has 0 bridgehead atoms. The van der Waals surface area contributed by atoms with Crippen molar-refractivity contribution in [2.45, 2.75) is 48.0 Å². The van der Waals surface area contributed by atoms with Crippen LogP contribution in [0, 0.1) is 16.7 Å². The van der Waals surface area contributed by atoms with E-state index in [1.807, 2.05) is 22.9 Å². The molecule has 5 heteroatoms. The highest BCUT2D eigenvalue weighted by Crippen LogP contribution is 2.37. The van der Waals surface area contributed by atoms with E-state index in [1.54, 1.807) is 3.11 Å². The van der Waals surface area contributed by atoms with Crippen molar-refractivity contribution >= 4 is 34.7 Å². The fraction of sp³-hybridized carbons (Fsp3) is 0.750. The maximum Gasteiger partial charge on any atom is 0.330 e. The van der Waals surface area contributed by atoms with E-state index >= 15 is 0 Å². The molecule has 1 unspecified atom stereocenters. The van der Waals surface area contributed by atoms with Gasteiger partial charge in [0.25, 0.3) is 0 Å². The van der Waals surface area contributed by atoms with Gasteiger partial charge in [-0.15, -0.1) is 0 Å². The van der Waals surface area contributed by atoms with Crippen LogP contribution in [0.3, 0.4) is 0 Å². The summed E-state index contributed by atoms with van der Waals surface area (Å²) in [5, 5.41) is 0. The molecule has 0 fully saturated rings. The first kappa shape index (κ1) is 20.4. The first-order valence-electron chi connectivity index (χ1n) is 7.15. The average Bonchev–Trinajstić information content (AvgIpc) is 2.32. The smallest absolute Gasteiger partial charge is 0.330 e. The maximum absolute atomic E-state index is 12.7. The Morgan fingerprint density at radius 2 is 1.76 bits per heavy atom. The van der Waals surface area contributed by atoms with E-state index in [4.69, 9.17) is 4.74 Å². The van der Waals surface area contributed by atoms with Crippen LogP contribution in [0.2, 0.25) is 0 Å². The Labute approximate surface area is 142 Å². The van der Waals surface area contributed by atoms with Gasteiger partial charge in [-0.3, -0.25) is 7.91 Å². The van der Waals surface area contributed by atoms with Crippen LogP contribution in [0.5, 0.6) is 0 Å². The van der Waals surface area contributed by atoms with E-state index in [0.29, 0.717) is 6.54 Å². The fourth-order valence-electron chi connectivity index (χ4n) is 1.94. The van der Waals surface area contributed by atoms with Crippen LogP contribution in [-0.2, 0) is 14.3 Å². The summed E-state index contributed by atoms with van der Waals surface area (Å²) in [6.45, 7) is 16.6. The second-order valence-corrected chi connectivity index (χ2v) is 8.64. The number of carbonyl (C=O) groups is 2. The second kappa shape index (κ2) is 8.15. The number of halogens is 1. The van der Waals surface area contributed by atoms with Gasteiger partial charge in [-0.1, -0.05) is 48.1 Å². The second-order valence-electron chi connectivity index (χ2n) is 7.48. The molecule has 4 nitrogen and oxygen atoms in total. The van der Waals surface area contributed by atoms with Crippen LogP contribution in [0.4, 0.5) is 0 Å². The molecule has 1 amide bonds. The molecule has 0 aromatic carbocycles. The third-order valence-electron chi connectivity index (χ3n) is 3.10. The highest BCUT2D eigenvalue weighted by atomic mass is 127. The van der Waals surface area contributed by atoms with Gasteiger partial charge in [0, 0.05) is 12.0 Å². The Bertz CT molecular complexity index is 380. The van der Waals surface area contributed by atoms with Crippen LogP contribution < -0.4 is 0 Å². The summed E-state index contributed by atoms with van der Waals surface area (Å²) in [6.07, 6.45) is 1.94. The molecular weight excluding hydrogens is 381 g/mol. The average molecular weight is 409 g/mol. The molecular formula is C16H28INO3. The minimum absolute atomic E-state index is 0.0653. The highest BCUT2D eigenvalue weighted by Gasteiger charge is 2.36. The maximum atomic E-state index is 12.7. The van der Waals surface area contributed by atoms with Gasteiger partial charge in [-0.05, 0) is 17.3 Å². The summed E-state index contributed by atoms with van der Waals surface area (Å²) in [5.74, 6) is -0.438. The van der Waals surface area contributed by atoms with E-state index in [1.165, 1.54) is 0 Å². The van der Waals surface area contributed by atoms with Gasteiger partial charge in [-0.25, -0.2) is 4.79 Å². The Balaban J connectivity index is 4.73. The van der Waals surface area contributed by atoms with Crippen LogP contribution in [0.25, 0.3) is 0 Å². The molecule has 21 heavy (non-hydrogen) atoms. The van der Waals surface area contributed by atoms with Crippen molar-refractivity contribution < 1.29 is 14.3 Å². The van der Waals surface area contributed by atoms with E-state index in [0.717, 1.165) is 12.5 Å². The summed E-state index contributed by atoms with van der Waals surface area (Å²) in [7, 11) is 0. The molecule has 0 heterocycles. The molecule has 0 aliphatic carbocycles. The molecule has 0 aromatic heterocycles. The predicted molar refractivity (Wildman–Crippen MR) is 93.9 cm³/mol. The van der Waals surface area contributed by atoms with E-state index in [9.17, 15) is 9.59 Å². The summed E-state index contributed by atoms with van der Waals surface area (Å²) in [5.41, 5.74) is -0.0219. The van der Waals surface area contributed by atoms with Crippen molar-refractivity contribution in [1.29, 1.82) is 0 Å². The van der Waals surface area contributed by atoms with Crippen molar-refractivity contribution in [2.24, 2.45) is 16.7 Å². The van der Waals surface area contributed by atoms with Gasteiger partial charge in [0.2, 0.25) is 5.91 Å². The molecule has 0 saturated carbocycles. The Morgan fingerprint density at radius 1 is 1.24 bits per heavy atom. The first-order valence-corrected chi connectivity index (χ1v) is 8.11. The minimum atomic E-state index is -0.464. The van der Waals surface area contributed by atoms with E-state index < -0.39 is 5.97 Å². The number of amides is 1. The number of ether oxygens (including phenoxy) is 1. The summed E-state index contributed by atoms with van der Waals surface area (Å²) >= 11 is 2.00. The third-order valence-corrected chi connectivity index (χ3v) is 4.06. The monoisotopic (exact) mass is 409 g/mol. The molecule has 0 saturated heterocycles. The Kier molecular flexibility index (Phi) is 7.92. The van der Waals surface area contributed by atoms with Crippen molar-refractivity contribution in [1.82, 2.24) is 3.11 Å². The lowest BCUT2D eigenvalue weighted by Gasteiger charge is -2.36. The molecule has 0 spiro atoms. The zero-order valence-electron chi connectivity index (χ0n) is 14.0. The minimum Gasteiger partial charge on any atom is -0.461 e. The highest BCUT2D eigenvalue weighted by molar-refractivity contribution is 14.1. The number of rotatable bonds is 6. The lowest BCUT2D eigenvalue weighted by molar-refractivity contribution is -0.140. The first-order chi connectivity index (χ1) is 9.38. The molecule has 0 aliphatic rings. The topological polar surface area (TPSA) is 46.6 Å². The SMILES string of the molecule is C=CC(=O)OCCN(I)C(=O)C(CC(C)(C)C)C(C)(C)C. The summed E-state index contributed by atoms with van der Waals surface area (Å²) < 4.78 is 6.54. The molecule has 0 radical (unpaired) electrons. The number of nitrogens with zero attached hydrogens (tertiary/aromatic N) is 1. The van der Waals surface area contributed by atoms with E-state index in [-0.39, 0.29) is 29.3 Å². The van der Waals surface area contributed by atoms with Crippen molar-refractivity contribution in [3.8, 4) is 0 Å². The Hall–Kier alpha value is -0.590. The van der Waals surface area contributed by atoms with Gasteiger partial charge in [0.05, 0.1) is 29.4 Å². The Morgan fingerprint density at radius 3 is 2.14 bits per heavy atom. The fourth-order valence-corrected chi connectivity index (χ4v) is 2.47. The largest absolute Gasteiger partial charge is 0.461 e. The van der Waals surface area contributed by atoms with Gasteiger partial charge < -0.3 is 4.74 Å². The van der Waals surface area contributed by atoms with Crippen LogP contribution >= 0.6 is 22.9 Å². The third kappa shape index (κ3) is 8.44. The number of esters is 1. The lowest BCUT2D eigenvalue weighted by Crippen LogP contribution is -2.39. The quantitative estimate of drug-likeness (QED) is 0.289. The number of hydrogen-bond acceptors (Lipinski definition) is 3. The van der Waals surface area contributed by atoms with Crippen molar-refractivity contribution in [2.75, 3.05) is 13.2 Å². The molecule has 0 N–H and O–H groups in total. The zero-order valence-corrected chi connectivity index (χ0v) is 16.2. The van der Waals surface area contributed by atoms with Crippen LogP contribution in [0.1, 0.15) is 48.0 Å². The standard InChI is InChI=1S/C16H28INO3/c1-8-13(19)21-10-9-18(17)14(20)12(16(5,6)7)11-15(2,3)4/h8,12H,1,9-11H2,2-7H3. The summed E-state index contributed by atoms with van der Waals surface area (Å²) in [6, 6.07) is 0. The zero-order chi connectivity index (χ0) is 16.8. The van der Waals surface area contributed by atoms with Gasteiger partial charge in [0.1, 0.15) is 6.61 Å². The van der Waals surface area contributed by atoms with Crippen molar-refractivity contribution in [3.05, 3.63) is 12.7 Å². The molecule has 0 aromatic rings. The molecule has 0 rings (SSSR count). The summed E-state index contributed by atoms with van der Waals surface area (Å²) in [4.78, 5) is 23.7. The molecule has 0 aliphatic heterocycles. The normalized spacial score (nSPS) is 13.5. The lowest BCUT2D eigenvalue weighted by atomic mass is 9.71. The number of carbonyl (C=O) groups excluding carboxylic acids is 2. The van der Waals surface area contributed by atoms with Gasteiger partial charge >= 0.3 is 5.97 Å². The molecule has 122 valence electrons. The predicted octanol–water partition coefficient (Wildman–Crippen LogP) is 3.99. The van der Waals surface area contributed by atoms with Gasteiger partial charge in [0.15, 0.2) is 0 Å². The van der Waals surface area contributed by atoms with E-state index in [2.05, 4.69) is 48.1 Å². The van der Waals surface area contributed by atoms with Crippen LogP contribution in [-0.4, -0.2) is 28.1 Å². The molecule has 1 atom stereocenters. The van der Waals surface area contributed by atoms with Gasteiger partial charge in [-0.2, -0.15) is 0 Å². The van der Waals surface area contributed by atoms with Crippen LogP contribution in [0.15, 0.2) is 12.7 Å².